The zero-order chi connectivity index (χ0) is 15.6. The summed E-state index contributed by atoms with van der Waals surface area (Å²) >= 11 is 6.04. The van der Waals surface area contributed by atoms with Crippen molar-refractivity contribution in [1.82, 2.24) is 4.90 Å². The Hall–Kier alpha value is -1.59. The van der Waals surface area contributed by atoms with Gasteiger partial charge in [-0.3, -0.25) is 4.99 Å². The topological polar surface area (TPSA) is 56.3 Å². The minimum Gasteiger partial charge on any atom is -0.412 e. The summed E-state index contributed by atoms with van der Waals surface area (Å²) in [4.78, 5) is 7.45. The molecule has 2 N–H and O–H groups in total. The van der Waals surface area contributed by atoms with Gasteiger partial charge in [0.2, 0.25) is 0 Å². The van der Waals surface area contributed by atoms with Crippen LogP contribution in [0.3, 0.4) is 0 Å². The number of nitrogens with zero attached hydrogens (tertiary/aromatic N) is 2. The summed E-state index contributed by atoms with van der Waals surface area (Å²) in [6, 6.07) is 16.7. The Balaban J connectivity index is 0.00000113. The van der Waals surface area contributed by atoms with Crippen molar-refractivity contribution in [2.75, 3.05) is 26.3 Å². The van der Waals surface area contributed by atoms with Gasteiger partial charge in [0.15, 0.2) is 0 Å². The van der Waals surface area contributed by atoms with Crippen molar-refractivity contribution >= 4 is 29.8 Å². The van der Waals surface area contributed by atoms with Gasteiger partial charge in [-0.15, -0.1) is 12.4 Å². The van der Waals surface area contributed by atoms with Crippen LogP contribution in [0.1, 0.15) is 22.7 Å². The lowest BCUT2D eigenvalue weighted by Crippen LogP contribution is -2.42. The largest absolute Gasteiger partial charge is 0.412 e. The first-order chi connectivity index (χ1) is 11.3. The lowest BCUT2D eigenvalue weighted by atomic mass is 9.90. The highest BCUT2D eigenvalue weighted by Gasteiger charge is 2.26. The summed E-state index contributed by atoms with van der Waals surface area (Å²) in [6.07, 6.45) is 0.903. The molecule has 0 spiro atoms. The molecule has 2 aliphatic rings. The Bertz CT molecular complexity index is 728. The van der Waals surface area contributed by atoms with Gasteiger partial charge in [0.1, 0.15) is 11.9 Å². The molecule has 2 heterocycles. The molecule has 1 unspecified atom stereocenters. The van der Waals surface area contributed by atoms with E-state index in [0.717, 1.165) is 37.7 Å². The van der Waals surface area contributed by atoms with Crippen LogP contribution in [0.15, 0.2) is 53.5 Å². The number of aliphatic imine (C=N–C) groups is 1. The molecule has 134 valence electrons. The number of hydrogen-bond acceptors (Lipinski definition) is 3. The van der Waals surface area contributed by atoms with E-state index in [1.54, 1.807) is 0 Å². The molecule has 0 amide bonds. The Morgan fingerprint density at radius 3 is 2.40 bits per heavy atom. The Labute approximate surface area is 159 Å². The first-order valence-corrected chi connectivity index (χ1v) is 8.42. The van der Waals surface area contributed by atoms with Crippen LogP contribution >= 0.6 is 24.0 Å². The van der Waals surface area contributed by atoms with Crippen LogP contribution in [0, 0.1) is 0 Å². The van der Waals surface area contributed by atoms with E-state index < -0.39 is 0 Å². The molecule has 1 saturated heterocycles. The van der Waals surface area contributed by atoms with Crippen molar-refractivity contribution < 1.29 is 10.2 Å². The van der Waals surface area contributed by atoms with Crippen LogP contribution in [0.4, 0.5) is 0 Å². The van der Waals surface area contributed by atoms with Crippen molar-refractivity contribution in [1.29, 1.82) is 0 Å². The Kier molecular flexibility index (Phi) is 6.85. The van der Waals surface area contributed by atoms with Crippen molar-refractivity contribution in [2.45, 2.75) is 12.5 Å². The standard InChI is InChI=1S/C19H19ClN2O.ClH.H2O/c20-16-7-5-14(6-8-16)19-17-4-2-1-3-15(17)13-18(21-19)22-9-11-23-12-10-22;;/h1-8,19H,9-13H2;1H;1H2. The number of morpholine rings is 1. The summed E-state index contributed by atoms with van der Waals surface area (Å²) in [5.74, 6) is 1.17. The van der Waals surface area contributed by atoms with Gasteiger partial charge in [0, 0.05) is 24.5 Å². The molecule has 0 aromatic heterocycles. The molecular weight excluding hydrogens is 359 g/mol. The second kappa shape index (κ2) is 8.68. The van der Waals surface area contributed by atoms with Crippen LogP contribution in [0.2, 0.25) is 5.02 Å². The second-order valence-electron chi connectivity index (χ2n) is 5.97. The van der Waals surface area contributed by atoms with E-state index in [0.29, 0.717) is 0 Å². The first kappa shape index (κ1) is 19.7. The molecule has 4 rings (SSSR count). The third-order valence-electron chi connectivity index (χ3n) is 4.54. The lowest BCUT2D eigenvalue weighted by Gasteiger charge is -2.34. The Morgan fingerprint density at radius 1 is 1.00 bits per heavy atom. The summed E-state index contributed by atoms with van der Waals surface area (Å²) in [6.45, 7) is 3.42. The van der Waals surface area contributed by atoms with Crippen molar-refractivity contribution in [2.24, 2.45) is 4.99 Å². The first-order valence-electron chi connectivity index (χ1n) is 8.04. The maximum Gasteiger partial charge on any atom is 0.105 e. The number of ether oxygens (including phenoxy) is 1. The fourth-order valence-corrected chi connectivity index (χ4v) is 3.44. The SMILES string of the molecule is Cl.Clc1ccc(C2N=C(N3CCOCC3)Cc3ccccc32)cc1.O. The van der Waals surface area contributed by atoms with Crippen molar-refractivity contribution in [3.63, 3.8) is 0 Å². The average Bonchev–Trinajstić information content (AvgIpc) is 2.62. The third kappa shape index (κ3) is 4.15. The van der Waals surface area contributed by atoms with Crippen LogP contribution in [-0.2, 0) is 11.2 Å². The molecule has 6 heteroatoms. The second-order valence-corrected chi connectivity index (χ2v) is 6.41. The molecule has 0 bridgehead atoms. The van der Waals surface area contributed by atoms with Crippen molar-refractivity contribution in [3.8, 4) is 0 Å². The van der Waals surface area contributed by atoms with Crippen LogP contribution in [0.5, 0.6) is 0 Å². The van der Waals surface area contributed by atoms with E-state index in [-0.39, 0.29) is 23.9 Å². The number of benzene rings is 2. The zero-order valence-corrected chi connectivity index (χ0v) is 15.4. The molecule has 4 nitrogen and oxygen atoms in total. The normalized spacial score (nSPS) is 19.2. The molecule has 0 radical (unpaired) electrons. The maximum atomic E-state index is 6.04. The fraction of sp³-hybridized carbons (Fsp3) is 0.316. The van der Waals surface area contributed by atoms with Gasteiger partial charge in [-0.2, -0.15) is 0 Å². The fourth-order valence-electron chi connectivity index (χ4n) is 3.31. The van der Waals surface area contributed by atoms with Gasteiger partial charge in [0.05, 0.1) is 13.2 Å². The van der Waals surface area contributed by atoms with Gasteiger partial charge >= 0.3 is 0 Å². The smallest absolute Gasteiger partial charge is 0.105 e. The van der Waals surface area contributed by atoms with E-state index in [4.69, 9.17) is 21.3 Å². The highest BCUT2D eigenvalue weighted by Crippen LogP contribution is 2.34. The molecule has 2 aliphatic heterocycles. The number of rotatable bonds is 1. The molecule has 1 fully saturated rings. The summed E-state index contributed by atoms with van der Waals surface area (Å²) in [5, 5.41) is 0.759. The molecule has 2 aromatic carbocycles. The minimum absolute atomic E-state index is 0. The highest BCUT2D eigenvalue weighted by molar-refractivity contribution is 6.30. The molecular formula is C19H22Cl2N2O2. The molecule has 0 aliphatic carbocycles. The number of fused-ring (bicyclic) bond motifs is 1. The number of hydrogen-bond donors (Lipinski definition) is 0. The van der Waals surface area contributed by atoms with E-state index >= 15 is 0 Å². The van der Waals surface area contributed by atoms with Gasteiger partial charge in [-0.05, 0) is 28.8 Å². The van der Waals surface area contributed by atoms with Gasteiger partial charge < -0.3 is 15.1 Å². The molecule has 0 saturated carbocycles. The van der Waals surface area contributed by atoms with Crippen LogP contribution in [-0.4, -0.2) is 42.5 Å². The van der Waals surface area contributed by atoms with Crippen LogP contribution in [0.25, 0.3) is 0 Å². The minimum atomic E-state index is 0. The molecule has 2 aromatic rings. The van der Waals surface area contributed by atoms with Gasteiger partial charge in [-0.1, -0.05) is 48.0 Å². The number of halogens is 2. The molecule has 25 heavy (non-hydrogen) atoms. The van der Waals surface area contributed by atoms with Gasteiger partial charge in [-0.25, -0.2) is 0 Å². The van der Waals surface area contributed by atoms with Gasteiger partial charge in [0.25, 0.3) is 0 Å². The van der Waals surface area contributed by atoms with E-state index in [1.807, 2.05) is 12.1 Å². The number of amidine groups is 1. The predicted molar refractivity (Wildman–Crippen MR) is 104 cm³/mol. The van der Waals surface area contributed by atoms with Crippen LogP contribution < -0.4 is 0 Å². The van der Waals surface area contributed by atoms with E-state index in [2.05, 4.69) is 41.3 Å². The lowest BCUT2D eigenvalue weighted by molar-refractivity contribution is 0.0671. The highest BCUT2D eigenvalue weighted by atomic mass is 35.5. The summed E-state index contributed by atoms with van der Waals surface area (Å²) < 4.78 is 5.47. The average molecular weight is 381 g/mol. The summed E-state index contributed by atoms with van der Waals surface area (Å²) in [5.41, 5.74) is 3.85. The monoisotopic (exact) mass is 380 g/mol. The predicted octanol–water partition coefficient (Wildman–Crippen LogP) is 3.31. The zero-order valence-electron chi connectivity index (χ0n) is 13.8. The molecule has 1 atom stereocenters. The third-order valence-corrected chi connectivity index (χ3v) is 4.79. The van der Waals surface area contributed by atoms with Crippen molar-refractivity contribution in [3.05, 3.63) is 70.2 Å². The maximum absolute atomic E-state index is 6.04. The summed E-state index contributed by atoms with van der Waals surface area (Å²) in [7, 11) is 0. The van der Waals surface area contributed by atoms with E-state index in [9.17, 15) is 0 Å². The quantitative estimate of drug-likeness (QED) is 0.761. The van der Waals surface area contributed by atoms with E-state index in [1.165, 1.54) is 22.5 Å². The Morgan fingerprint density at radius 2 is 1.68 bits per heavy atom.